The lowest BCUT2D eigenvalue weighted by Gasteiger charge is -2.34. The van der Waals surface area contributed by atoms with Gasteiger partial charge in [-0.15, -0.1) is 0 Å². The van der Waals surface area contributed by atoms with E-state index in [-0.39, 0.29) is 24.1 Å². The maximum atomic E-state index is 12.5. The van der Waals surface area contributed by atoms with Crippen LogP contribution >= 0.6 is 11.6 Å². The highest BCUT2D eigenvalue weighted by Crippen LogP contribution is 2.23. The highest BCUT2D eigenvalue weighted by molar-refractivity contribution is 6.30. The van der Waals surface area contributed by atoms with E-state index in [9.17, 15) is 14.7 Å². The maximum Gasteiger partial charge on any atom is 0.254 e. The second-order valence-electron chi connectivity index (χ2n) is 5.75. The Labute approximate surface area is 145 Å². The van der Waals surface area contributed by atoms with Gasteiger partial charge in [-0.2, -0.15) is 0 Å². The van der Waals surface area contributed by atoms with E-state index in [0.29, 0.717) is 29.2 Å². The fourth-order valence-corrected chi connectivity index (χ4v) is 2.87. The fourth-order valence-electron chi connectivity index (χ4n) is 2.69. The number of amides is 2. The van der Waals surface area contributed by atoms with Crippen LogP contribution in [0.25, 0.3) is 0 Å². The Morgan fingerprint density at radius 1 is 1.17 bits per heavy atom. The van der Waals surface area contributed by atoms with Crippen molar-refractivity contribution in [1.82, 2.24) is 4.90 Å². The van der Waals surface area contributed by atoms with E-state index in [1.807, 2.05) is 6.07 Å². The number of aryl methyl sites for hydroxylation is 1. The summed E-state index contributed by atoms with van der Waals surface area (Å²) in [6.45, 7) is 2.59. The van der Waals surface area contributed by atoms with Crippen LogP contribution in [0.5, 0.6) is 5.75 Å². The average Bonchev–Trinajstić information content (AvgIpc) is 2.56. The largest absolute Gasteiger partial charge is 0.508 e. The van der Waals surface area contributed by atoms with Crippen molar-refractivity contribution in [3.63, 3.8) is 0 Å². The summed E-state index contributed by atoms with van der Waals surface area (Å²) in [4.78, 5) is 28.1. The normalized spacial score (nSPS) is 14.8. The van der Waals surface area contributed by atoms with Gasteiger partial charge >= 0.3 is 0 Å². The number of piperazine rings is 1. The number of halogens is 1. The summed E-state index contributed by atoms with van der Waals surface area (Å²) in [5.41, 5.74) is 1.81. The van der Waals surface area contributed by atoms with Crippen LogP contribution in [-0.2, 0) is 4.79 Å². The van der Waals surface area contributed by atoms with Gasteiger partial charge in [0.2, 0.25) is 5.91 Å². The van der Waals surface area contributed by atoms with Crippen LogP contribution in [0.2, 0.25) is 5.02 Å². The van der Waals surface area contributed by atoms with Crippen molar-refractivity contribution < 1.29 is 14.7 Å². The number of aromatic hydroxyl groups is 1. The minimum absolute atomic E-state index is 0.0000149. The third-order valence-electron chi connectivity index (χ3n) is 4.08. The number of phenols is 1. The van der Waals surface area contributed by atoms with Crippen LogP contribution in [0.1, 0.15) is 15.9 Å². The molecule has 2 amide bonds. The minimum atomic E-state index is -0.260. The number of phenolic OH excluding ortho intramolecular Hbond substituents is 1. The highest BCUT2D eigenvalue weighted by Gasteiger charge is 2.28. The lowest BCUT2D eigenvalue weighted by molar-refractivity contribution is -0.120. The van der Waals surface area contributed by atoms with Crippen molar-refractivity contribution in [1.29, 1.82) is 0 Å². The van der Waals surface area contributed by atoms with Gasteiger partial charge in [-0.3, -0.25) is 9.59 Å². The van der Waals surface area contributed by atoms with Crippen molar-refractivity contribution in [3.05, 3.63) is 58.6 Å². The molecule has 0 radical (unpaired) electrons. The van der Waals surface area contributed by atoms with Crippen molar-refractivity contribution in [2.24, 2.45) is 0 Å². The second-order valence-corrected chi connectivity index (χ2v) is 6.19. The standard InChI is InChI=1S/C18H17ClN2O3/c1-12-5-6-13(9-16(12)22)18(24)20-7-8-21(17(23)11-20)15-4-2-3-14(19)10-15/h2-6,9-10,22H,7-8,11H2,1H3. The van der Waals surface area contributed by atoms with Gasteiger partial charge in [0.15, 0.2) is 0 Å². The molecule has 5 nitrogen and oxygen atoms in total. The number of benzene rings is 2. The van der Waals surface area contributed by atoms with Gasteiger partial charge in [-0.1, -0.05) is 23.7 Å². The lowest BCUT2D eigenvalue weighted by Crippen LogP contribution is -2.52. The zero-order valence-electron chi connectivity index (χ0n) is 13.2. The Balaban J connectivity index is 1.74. The van der Waals surface area contributed by atoms with Crippen molar-refractivity contribution in [3.8, 4) is 5.75 Å². The first kappa shape index (κ1) is 16.3. The van der Waals surface area contributed by atoms with E-state index < -0.39 is 0 Å². The highest BCUT2D eigenvalue weighted by atomic mass is 35.5. The Morgan fingerprint density at radius 2 is 1.96 bits per heavy atom. The van der Waals surface area contributed by atoms with Crippen molar-refractivity contribution in [2.75, 3.05) is 24.5 Å². The second kappa shape index (κ2) is 6.53. The number of nitrogens with zero attached hydrogens (tertiary/aromatic N) is 2. The molecule has 0 bridgehead atoms. The van der Waals surface area contributed by atoms with Crippen LogP contribution in [0.15, 0.2) is 42.5 Å². The third kappa shape index (κ3) is 3.21. The van der Waals surface area contributed by atoms with Crippen LogP contribution in [0.3, 0.4) is 0 Å². The Kier molecular flexibility index (Phi) is 4.44. The number of carbonyl (C=O) groups excluding carboxylic acids is 2. The molecule has 3 rings (SSSR count). The van der Waals surface area contributed by atoms with E-state index in [1.54, 1.807) is 42.2 Å². The molecule has 1 saturated heterocycles. The number of hydrogen-bond donors (Lipinski definition) is 1. The molecule has 0 aliphatic carbocycles. The molecule has 24 heavy (non-hydrogen) atoms. The lowest BCUT2D eigenvalue weighted by atomic mass is 10.1. The van der Waals surface area contributed by atoms with Gasteiger partial charge in [0.25, 0.3) is 5.91 Å². The van der Waals surface area contributed by atoms with Gasteiger partial charge in [0.1, 0.15) is 12.3 Å². The molecular weight excluding hydrogens is 328 g/mol. The average molecular weight is 345 g/mol. The molecule has 1 aliphatic heterocycles. The summed E-state index contributed by atoms with van der Waals surface area (Å²) in [6.07, 6.45) is 0. The smallest absolute Gasteiger partial charge is 0.254 e. The molecule has 1 N–H and O–H groups in total. The van der Waals surface area contributed by atoms with Gasteiger partial charge in [0.05, 0.1) is 0 Å². The number of carbonyl (C=O) groups is 2. The van der Waals surface area contributed by atoms with Crippen molar-refractivity contribution in [2.45, 2.75) is 6.92 Å². The molecule has 124 valence electrons. The molecule has 1 heterocycles. The molecule has 0 unspecified atom stereocenters. The molecule has 0 aromatic heterocycles. The summed E-state index contributed by atoms with van der Waals surface area (Å²) in [6, 6.07) is 11.9. The SMILES string of the molecule is Cc1ccc(C(=O)N2CCN(c3cccc(Cl)c3)C(=O)C2)cc1O. The predicted octanol–water partition coefficient (Wildman–Crippen LogP) is 2.84. The summed E-state index contributed by atoms with van der Waals surface area (Å²) in [5, 5.41) is 10.3. The summed E-state index contributed by atoms with van der Waals surface area (Å²) >= 11 is 5.97. The van der Waals surface area contributed by atoms with E-state index >= 15 is 0 Å². The van der Waals surface area contributed by atoms with Gasteiger partial charge in [0, 0.05) is 29.4 Å². The van der Waals surface area contributed by atoms with Crippen LogP contribution in [0, 0.1) is 6.92 Å². The zero-order chi connectivity index (χ0) is 17.3. The molecule has 0 atom stereocenters. The molecule has 6 heteroatoms. The number of rotatable bonds is 2. The molecule has 0 saturated carbocycles. The van der Waals surface area contributed by atoms with E-state index in [4.69, 9.17) is 11.6 Å². The van der Waals surface area contributed by atoms with E-state index in [0.717, 1.165) is 5.69 Å². The quantitative estimate of drug-likeness (QED) is 0.911. The topological polar surface area (TPSA) is 60.9 Å². The first-order valence-electron chi connectivity index (χ1n) is 7.60. The molecule has 1 fully saturated rings. The maximum absolute atomic E-state index is 12.5. The minimum Gasteiger partial charge on any atom is -0.508 e. The molecule has 1 aliphatic rings. The van der Waals surface area contributed by atoms with Crippen LogP contribution in [0.4, 0.5) is 5.69 Å². The van der Waals surface area contributed by atoms with Gasteiger partial charge in [-0.25, -0.2) is 0 Å². The Morgan fingerprint density at radius 3 is 2.62 bits per heavy atom. The Bertz CT molecular complexity index is 807. The molecule has 2 aromatic rings. The Hall–Kier alpha value is -2.53. The van der Waals surface area contributed by atoms with Crippen molar-refractivity contribution >= 4 is 29.1 Å². The first-order chi connectivity index (χ1) is 11.5. The number of hydrogen-bond acceptors (Lipinski definition) is 3. The third-order valence-corrected chi connectivity index (χ3v) is 4.32. The molecule has 2 aromatic carbocycles. The van der Waals surface area contributed by atoms with E-state index in [2.05, 4.69) is 0 Å². The fraction of sp³-hybridized carbons (Fsp3) is 0.222. The summed E-state index contributed by atoms with van der Waals surface area (Å²) in [5.74, 6) is -0.345. The number of anilines is 1. The molecular formula is C18H17ClN2O3. The molecule has 0 spiro atoms. The van der Waals surface area contributed by atoms with Gasteiger partial charge in [-0.05, 0) is 42.8 Å². The monoisotopic (exact) mass is 344 g/mol. The predicted molar refractivity (Wildman–Crippen MR) is 92.6 cm³/mol. The summed E-state index contributed by atoms with van der Waals surface area (Å²) < 4.78 is 0. The summed E-state index contributed by atoms with van der Waals surface area (Å²) in [7, 11) is 0. The van der Waals surface area contributed by atoms with Crippen LogP contribution in [-0.4, -0.2) is 41.5 Å². The first-order valence-corrected chi connectivity index (χ1v) is 7.98. The van der Waals surface area contributed by atoms with E-state index in [1.165, 1.54) is 11.0 Å². The van der Waals surface area contributed by atoms with Gasteiger partial charge < -0.3 is 14.9 Å². The zero-order valence-corrected chi connectivity index (χ0v) is 14.0. The van der Waals surface area contributed by atoms with Crippen LogP contribution < -0.4 is 4.90 Å².